The molecule has 41 heavy (non-hydrogen) atoms. The number of anilines is 1. The maximum atomic E-state index is 12.9. The molecule has 0 aliphatic carbocycles. The summed E-state index contributed by atoms with van der Waals surface area (Å²) in [6, 6.07) is 13.4. The number of imide groups is 1. The van der Waals surface area contributed by atoms with Crippen LogP contribution in [0.25, 0.3) is 0 Å². The van der Waals surface area contributed by atoms with Gasteiger partial charge >= 0.3 is 5.97 Å². The fourth-order valence-corrected chi connectivity index (χ4v) is 4.23. The lowest BCUT2D eigenvalue weighted by molar-refractivity contribution is -0.121. The number of hydrazine groups is 1. The molecule has 0 saturated carbocycles. The van der Waals surface area contributed by atoms with Crippen LogP contribution in [0.5, 0.6) is 11.5 Å². The molecule has 1 unspecified atom stereocenters. The van der Waals surface area contributed by atoms with Crippen molar-refractivity contribution >= 4 is 58.4 Å². The van der Waals surface area contributed by atoms with Gasteiger partial charge in [-0.3, -0.25) is 24.6 Å². The van der Waals surface area contributed by atoms with E-state index in [1.807, 2.05) is 0 Å². The number of ether oxygens (including phenoxy) is 3. The molecule has 1 saturated heterocycles. The van der Waals surface area contributed by atoms with Crippen molar-refractivity contribution in [1.29, 1.82) is 0 Å². The Labute approximate surface area is 244 Å². The molecule has 1 atom stereocenters. The zero-order valence-electron chi connectivity index (χ0n) is 21.7. The van der Waals surface area contributed by atoms with Crippen LogP contribution in [-0.4, -0.2) is 56.3 Å². The van der Waals surface area contributed by atoms with E-state index in [1.54, 1.807) is 6.07 Å². The average molecular weight is 600 g/mol. The molecule has 0 spiro atoms. The summed E-state index contributed by atoms with van der Waals surface area (Å²) < 4.78 is 15.4. The van der Waals surface area contributed by atoms with Crippen LogP contribution in [0.2, 0.25) is 10.0 Å². The molecule has 212 valence electrons. The van der Waals surface area contributed by atoms with Gasteiger partial charge < -0.3 is 14.2 Å². The number of rotatable bonds is 10. The van der Waals surface area contributed by atoms with Gasteiger partial charge in [-0.05, 0) is 60.7 Å². The quantitative estimate of drug-likeness (QED) is 0.155. The van der Waals surface area contributed by atoms with Gasteiger partial charge in [-0.1, -0.05) is 23.2 Å². The van der Waals surface area contributed by atoms with Crippen LogP contribution in [-0.2, 0) is 14.3 Å². The third-order valence-corrected chi connectivity index (χ3v) is 6.83. The lowest BCUT2D eigenvalue weighted by Gasteiger charge is -2.16. The van der Waals surface area contributed by atoms with E-state index in [1.165, 1.54) is 68.8 Å². The molecular weight excluding hydrogens is 577 g/mol. The van der Waals surface area contributed by atoms with E-state index >= 15 is 0 Å². The molecule has 3 aromatic carbocycles. The van der Waals surface area contributed by atoms with E-state index in [2.05, 4.69) is 10.9 Å². The van der Waals surface area contributed by atoms with Crippen molar-refractivity contribution in [1.82, 2.24) is 10.9 Å². The van der Waals surface area contributed by atoms with Crippen LogP contribution < -0.4 is 25.2 Å². The van der Waals surface area contributed by atoms with E-state index in [-0.39, 0.29) is 38.8 Å². The molecule has 1 fully saturated rings. The number of nitrogens with one attached hydrogen (secondary N) is 2. The van der Waals surface area contributed by atoms with Crippen LogP contribution in [0.15, 0.2) is 60.7 Å². The largest absolute Gasteiger partial charge is 0.493 e. The van der Waals surface area contributed by atoms with E-state index in [9.17, 15) is 24.0 Å². The maximum Gasteiger partial charge on any atom is 0.338 e. The van der Waals surface area contributed by atoms with Crippen molar-refractivity contribution in [3.8, 4) is 11.5 Å². The molecule has 3 amide bonds. The zero-order valence-corrected chi connectivity index (χ0v) is 23.2. The van der Waals surface area contributed by atoms with Gasteiger partial charge in [-0.15, -0.1) is 0 Å². The molecule has 1 aliphatic rings. The van der Waals surface area contributed by atoms with Crippen LogP contribution in [0.1, 0.15) is 37.5 Å². The van der Waals surface area contributed by atoms with Crippen molar-refractivity contribution in [2.75, 3.05) is 25.7 Å². The normalized spacial score (nSPS) is 14.5. The first-order chi connectivity index (χ1) is 19.6. The third-order valence-electron chi connectivity index (χ3n) is 6.09. The Morgan fingerprint density at radius 2 is 1.51 bits per heavy atom. The number of halogens is 2. The summed E-state index contributed by atoms with van der Waals surface area (Å²) in [5.74, 6) is -2.10. The number of carbonyl (C=O) groups excluding carboxylic acids is 5. The Morgan fingerprint density at radius 3 is 2.17 bits per heavy atom. The molecule has 0 aromatic heterocycles. The molecule has 2 N–H and O–H groups in total. The Balaban J connectivity index is 1.33. The predicted molar refractivity (Wildman–Crippen MR) is 149 cm³/mol. The van der Waals surface area contributed by atoms with Crippen molar-refractivity contribution in [2.45, 2.75) is 12.5 Å². The monoisotopic (exact) mass is 599 g/mol. The van der Waals surface area contributed by atoms with Crippen molar-refractivity contribution in [3.63, 3.8) is 0 Å². The van der Waals surface area contributed by atoms with Gasteiger partial charge in [0.1, 0.15) is 6.04 Å². The summed E-state index contributed by atoms with van der Waals surface area (Å²) in [7, 11) is 2.90. The van der Waals surface area contributed by atoms with E-state index < -0.39 is 42.1 Å². The van der Waals surface area contributed by atoms with Crippen LogP contribution in [0, 0.1) is 0 Å². The topological polar surface area (TPSA) is 140 Å². The summed E-state index contributed by atoms with van der Waals surface area (Å²) in [5.41, 5.74) is 5.83. The number of benzene rings is 3. The van der Waals surface area contributed by atoms with Crippen molar-refractivity contribution < 1.29 is 38.2 Å². The fraction of sp³-hybridized carbons (Fsp3) is 0.179. The van der Waals surface area contributed by atoms with E-state index in [4.69, 9.17) is 37.4 Å². The number of carbonyl (C=O) groups is 5. The number of hydrogen-bond acceptors (Lipinski definition) is 9. The number of nitrogens with zero attached hydrogens (tertiary/aromatic N) is 1. The van der Waals surface area contributed by atoms with E-state index in [0.717, 1.165) is 4.90 Å². The number of ketones is 1. The lowest BCUT2D eigenvalue weighted by Crippen LogP contribution is -2.48. The molecule has 1 heterocycles. The minimum atomic E-state index is -1.01. The second kappa shape index (κ2) is 12.8. The second-order valence-electron chi connectivity index (χ2n) is 8.67. The lowest BCUT2D eigenvalue weighted by atomic mass is 10.1. The van der Waals surface area contributed by atoms with Gasteiger partial charge in [-0.25, -0.2) is 15.1 Å². The fourth-order valence-electron chi connectivity index (χ4n) is 3.93. The van der Waals surface area contributed by atoms with Crippen LogP contribution in [0.4, 0.5) is 5.69 Å². The van der Waals surface area contributed by atoms with Gasteiger partial charge in [0.15, 0.2) is 23.9 Å². The second-order valence-corrected chi connectivity index (χ2v) is 9.48. The van der Waals surface area contributed by atoms with Crippen LogP contribution in [0.3, 0.4) is 0 Å². The zero-order chi connectivity index (χ0) is 29.7. The number of amides is 3. The number of esters is 1. The minimum absolute atomic E-state index is 0.103. The first-order valence-corrected chi connectivity index (χ1v) is 12.8. The number of methoxy groups -OCH3 is 2. The first-order valence-electron chi connectivity index (χ1n) is 12.0. The van der Waals surface area contributed by atoms with Gasteiger partial charge in [0, 0.05) is 11.1 Å². The minimum Gasteiger partial charge on any atom is -0.493 e. The first kappa shape index (κ1) is 29.5. The molecule has 3 aromatic rings. The maximum absolute atomic E-state index is 12.9. The highest BCUT2D eigenvalue weighted by Crippen LogP contribution is 2.28. The molecule has 13 heteroatoms. The highest BCUT2D eigenvalue weighted by molar-refractivity contribution is 6.42. The van der Waals surface area contributed by atoms with Gasteiger partial charge in [0.25, 0.3) is 11.8 Å². The molecule has 0 bridgehead atoms. The molecular formula is C28H23Cl2N3O8. The predicted octanol–water partition coefficient (Wildman–Crippen LogP) is 3.62. The van der Waals surface area contributed by atoms with Gasteiger partial charge in [-0.2, -0.15) is 0 Å². The number of hydrogen-bond donors (Lipinski definition) is 2. The molecule has 1 aliphatic heterocycles. The van der Waals surface area contributed by atoms with Gasteiger partial charge in [0.2, 0.25) is 5.91 Å². The highest BCUT2D eigenvalue weighted by Gasteiger charge is 2.39. The Hall–Kier alpha value is -4.45. The summed E-state index contributed by atoms with van der Waals surface area (Å²) in [6.45, 7) is -0.524. The summed E-state index contributed by atoms with van der Waals surface area (Å²) in [5, 5.41) is 0.486. The Morgan fingerprint density at radius 1 is 0.854 bits per heavy atom. The van der Waals surface area contributed by atoms with Crippen molar-refractivity contribution in [3.05, 3.63) is 87.4 Å². The van der Waals surface area contributed by atoms with E-state index in [0.29, 0.717) is 11.5 Å². The smallest absolute Gasteiger partial charge is 0.338 e. The summed E-state index contributed by atoms with van der Waals surface area (Å²) in [4.78, 5) is 63.8. The molecule has 4 rings (SSSR count). The molecule has 0 radical (unpaired) electrons. The van der Waals surface area contributed by atoms with Crippen molar-refractivity contribution in [2.24, 2.45) is 0 Å². The average Bonchev–Trinajstić information content (AvgIpc) is 3.27. The molecule has 11 nitrogen and oxygen atoms in total. The Bertz CT molecular complexity index is 1530. The third kappa shape index (κ3) is 6.65. The summed E-state index contributed by atoms with van der Waals surface area (Å²) >= 11 is 11.8. The van der Waals surface area contributed by atoms with Crippen LogP contribution >= 0.6 is 23.2 Å². The Kier molecular flexibility index (Phi) is 9.23. The standard InChI is InChI=1S/C28H23Cl2N3O8/c1-39-23-10-6-17(12-24(23)40-2)26(36)32-31-21-13-25(35)33(27(21)37)18-7-3-15(4-8-18)28(38)41-14-22(34)16-5-9-19(29)20(30)11-16/h3-12,21,31H,13-14H2,1-2H3,(H,32,36). The SMILES string of the molecule is COc1ccc(C(=O)NNC2CC(=O)N(c3ccc(C(=O)OCC(=O)c4ccc(Cl)c(Cl)c4)cc3)C2=O)cc1OC. The summed E-state index contributed by atoms with van der Waals surface area (Å²) in [6.07, 6.45) is -0.203. The highest BCUT2D eigenvalue weighted by atomic mass is 35.5. The van der Waals surface area contributed by atoms with Gasteiger partial charge in [0.05, 0.1) is 41.9 Å². The number of Topliss-reactive ketones (excluding diaryl/α,β-unsaturated/α-hetero) is 1.